The predicted molar refractivity (Wildman–Crippen MR) is 179 cm³/mol. The number of hydrogen-bond acceptors (Lipinski definition) is 8. The second-order valence-electron chi connectivity index (χ2n) is 13.9. The van der Waals surface area contributed by atoms with Crippen LogP contribution in [0.4, 0.5) is 0 Å². The Bertz CT molecular complexity index is 1100. The summed E-state index contributed by atoms with van der Waals surface area (Å²) >= 11 is 0. The number of carbonyl (C=O) groups excluding carboxylic acids is 2. The van der Waals surface area contributed by atoms with Crippen LogP contribution in [0.15, 0.2) is 48.5 Å². The largest absolute Gasteiger partial charge is 0.494 e. The molecule has 2 aromatic rings. The minimum absolute atomic E-state index is 0.317. The summed E-state index contributed by atoms with van der Waals surface area (Å²) in [5, 5.41) is 19.8. The standard InChI is InChI=1S/C32H52O8Si3/c1-31(2,35)29(33)25-13-17-27(18-14-25)37-21-11-23-41(5,6)39-43(9,10)40-42(7,8)24-12-22-38-28-19-15-26(16-20-28)30(34)32(3,4)36/h13-20,35-36H,11-12,21-24H2,1-10H3. The third-order valence-corrected chi connectivity index (χ3v) is 18.2. The van der Waals surface area contributed by atoms with Gasteiger partial charge in [-0.3, -0.25) is 9.59 Å². The lowest BCUT2D eigenvalue weighted by molar-refractivity contribution is 0.0487. The van der Waals surface area contributed by atoms with E-state index in [0.29, 0.717) is 35.8 Å². The van der Waals surface area contributed by atoms with Crippen LogP contribution in [0, 0.1) is 0 Å². The summed E-state index contributed by atoms with van der Waals surface area (Å²) in [7, 11) is -6.32. The van der Waals surface area contributed by atoms with Crippen molar-refractivity contribution in [3.05, 3.63) is 59.7 Å². The zero-order valence-corrected chi connectivity index (χ0v) is 30.7. The van der Waals surface area contributed by atoms with Gasteiger partial charge in [0.15, 0.2) is 28.2 Å². The second kappa shape index (κ2) is 14.8. The molecule has 0 bridgehead atoms. The van der Waals surface area contributed by atoms with Gasteiger partial charge in [-0.15, -0.1) is 0 Å². The van der Waals surface area contributed by atoms with Crippen LogP contribution in [-0.4, -0.2) is 71.4 Å². The van der Waals surface area contributed by atoms with Crippen molar-refractivity contribution in [2.75, 3.05) is 13.2 Å². The lowest BCUT2D eigenvalue weighted by atomic mass is 9.97. The molecule has 2 N–H and O–H groups in total. The van der Waals surface area contributed by atoms with Crippen LogP contribution >= 0.6 is 0 Å². The molecule has 11 heteroatoms. The molecule has 0 unspecified atom stereocenters. The van der Waals surface area contributed by atoms with E-state index >= 15 is 0 Å². The number of rotatable bonds is 18. The predicted octanol–water partition coefficient (Wildman–Crippen LogP) is 6.98. The highest BCUT2D eigenvalue weighted by Gasteiger charge is 2.39. The fourth-order valence-electron chi connectivity index (χ4n) is 4.94. The smallest absolute Gasteiger partial charge is 0.311 e. The quantitative estimate of drug-likeness (QED) is 0.101. The van der Waals surface area contributed by atoms with Crippen LogP contribution in [0.5, 0.6) is 11.5 Å². The fourth-order valence-corrected chi connectivity index (χ4v) is 18.9. The van der Waals surface area contributed by atoms with Crippen molar-refractivity contribution in [2.24, 2.45) is 0 Å². The van der Waals surface area contributed by atoms with Crippen LogP contribution in [0.25, 0.3) is 0 Å². The molecule has 240 valence electrons. The minimum Gasteiger partial charge on any atom is -0.494 e. The molecule has 0 spiro atoms. The summed E-state index contributed by atoms with van der Waals surface area (Å²) in [6.07, 6.45) is 1.72. The van der Waals surface area contributed by atoms with E-state index < -0.39 is 36.4 Å². The molecule has 43 heavy (non-hydrogen) atoms. The van der Waals surface area contributed by atoms with E-state index in [-0.39, 0.29) is 11.6 Å². The van der Waals surface area contributed by atoms with E-state index in [1.54, 1.807) is 48.5 Å². The summed E-state index contributed by atoms with van der Waals surface area (Å²) in [6, 6.07) is 15.7. The Labute approximate surface area is 261 Å². The number of benzene rings is 2. The number of carbonyl (C=O) groups is 2. The molecule has 0 aliphatic rings. The maximum atomic E-state index is 12.2. The molecular formula is C32H52O8Si3. The second-order valence-corrected chi connectivity index (χ2v) is 26.3. The monoisotopic (exact) mass is 648 g/mol. The van der Waals surface area contributed by atoms with Crippen molar-refractivity contribution >= 4 is 36.8 Å². The number of ketones is 2. The SMILES string of the molecule is CC(C)(O)C(=O)c1ccc(OCCC[Si](C)(C)O[Si](C)(C)O[Si](C)(C)CCCOc2ccc(C(=O)C(C)(C)O)cc2)cc1. The Morgan fingerprint density at radius 3 is 1.19 bits per heavy atom. The summed E-state index contributed by atoms with van der Waals surface area (Å²) in [4.78, 5) is 24.4. The van der Waals surface area contributed by atoms with Gasteiger partial charge < -0.3 is 27.9 Å². The lowest BCUT2D eigenvalue weighted by Gasteiger charge is -2.38. The Hall–Kier alpha value is -2.13. The molecule has 2 aromatic carbocycles. The van der Waals surface area contributed by atoms with Crippen LogP contribution in [0.2, 0.25) is 51.4 Å². The van der Waals surface area contributed by atoms with Gasteiger partial charge in [-0.1, -0.05) is 0 Å². The van der Waals surface area contributed by atoms with Crippen LogP contribution in [0.3, 0.4) is 0 Å². The Balaban J connectivity index is 1.75. The maximum Gasteiger partial charge on any atom is 0.311 e. The Kier molecular flexibility index (Phi) is 12.7. The molecule has 0 amide bonds. The molecule has 0 saturated heterocycles. The first-order valence-electron chi connectivity index (χ1n) is 15.0. The normalized spacial score (nSPS) is 13.1. The van der Waals surface area contributed by atoms with E-state index in [0.717, 1.165) is 24.9 Å². The van der Waals surface area contributed by atoms with Crippen molar-refractivity contribution in [2.45, 2.75) is 103 Å². The Morgan fingerprint density at radius 1 is 0.605 bits per heavy atom. The molecule has 0 atom stereocenters. The first kappa shape index (κ1) is 37.1. The van der Waals surface area contributed by atoms with E-state index in [1.807, 2.05) is 0 Å². The van der Waals surface area contributed by atoms with Gasteiger partial charge in [0.05, 0.1) is 13.2 Å². The number of Topliss-reactive ketones (excluding diaryl/α,β-unsaturated/α-hetero) is 2. The highest BCUT2D eigenvalue weighted by atomic mass is 28.5. The van der Waals surface area contributed by atoms with Gasteiger partial charge in [-0.25, -0.2) is 0 Å². The van der Waals surface area contributed by atoms with Gasteiger partial charge in [0.2, 0.25) is 0 Å². The zero-order chi connectivity index (χ0) is 32.7. The minimum atomic E-state index is -2.35. The van der Waals surface area contributed by atoms with Gasteiger partial charge >= 0.3 is 8.56 Å². The van der Waals surface area contributed by atoms with E-state index in [9.17, 15) is 19.8 Å². The van der Waals surface area contributed by atoms with Crippen LogP contribution < -0.4 is 9.47 Å². The molecule has 0 saturated carbocycles. The van der Waals surface area contributed by atoms with Gasteiger partial charge in [0.1, 0.15) is 22.7 Å². The third kappa shape index (κ3) is 13.2. The highest BCUT2D eigenvalue weighted by molar-refractivity contribution is 6.87. The van der Waals surface area contributed by atoms with Crippen molar-refractivity contribution in [3.63, 3.8) is 0 Å². The summed E-state index contributed by atoms with van der Waals surface area (Å²) in [5.74, 6) is 0.755. The number of hydrogen-bond donors (Lipinski definition) is 2. The van der Waals surface area contributed by atoms with E-state index in [1.165, 1.54) is 27.7 Å². The third-order valence-electron chi connectivity index (χ3n) is 6.77. The maximum absolute atomic E-state index is 12.2. The molecular weight excluding hydrogens is 597 g/mol. The first-order valence-corrected chi connectivity index (χ1v) is 24.1. The fraction of sp³-hybridized carbons (Fsp3) is 0.562. The van der Waals surface area contributed by atoms with Crippen LogP contribution in [0.1, 0.15) is 61.3 Å². The van der Waals surface area contributed by atoms with Gasteiger partial charge in [0.25, 0.3) is 0 Å². The lowest BCUT2D eigenvalue weighted by Crippen LogP contribution is -2.52. The first-order chi connectivity index (χ1) is 19.6. The average molecular weight is 649 g/mol. The van der Waals surface area contributed by atoms with Crippen molar-refractivity contribution < 1.29 is 37.5 Å². The van der Waals surface area contributed by atoms with Crippen molar-refractivity contribution in [3.8, 4) is 11.5 Å². The molecule has 0 aliphatic heterocycles. The molecule has 0 aromatic heterocycles. The topological polar surface area (TPSA) is 112 Å². The van der Waals surface area contributed by atoms with Gasteiger partial charge in [-0.05, 0) is 140 Å². The summed E-state index contributed by atoms with van der Waals surface area (Å²) < 4.78 is 25.2. The molecule has 0 heterocycles. The summed E-state index contributed by atoms with van der Waals surface area (Å²) in [5.41, 5.74) is -1.88. The zero-order valence-electron chi connectivity index (χ0n) is 27.7. The summed E-state index contributed by atoms with van der Waals surface area (Å²) in [6.45, 7) is 20.2. The van der Waals surface area contributed by atoms with E-state index in [4.69, 9.17) is 17.7 Å². The number of aliphatic hydroxyl groups is 2. The van der Waals surface area contributed by atoms with Crippen LogP contribution in [-0.2, 0) is 8.23 Å². The average Bonchev–Trinajstić information content (AvgIpc) is 2.86. The Morgan fingerprint density at radius 2 is 0.907 bits per heavy atom. The molecule has 8 nitrogen and oxygen atoms in total. The molecule has 2 rings (SSSR count). The van der Waals surface area contributed by atoms with Crippen molar-refractivity contribution in [1.82, 2.24) is 0 Å². The molecule has 0 aliphatic carbocycles. The van der Waals surface area contributed by atoms with E-state index in [2.05, 4.69) is 39.3 Å². The van der Waals surface area contributed by atoms with Crippen molar-refractivity contribution in [1.29, 1.82) is 0 Å². The molecule has 0 radical (unpaired) electrons. The molecule has 0 fully saturated rings. The van der Waals surface area contributed by atoms with Gasteiger partial charge in [-0.2, -0.15) is 0 Å². The highest BCUT2D eigenvalue weighted by Crippen LogP contribution is 2.27. The number of ether oxygens (including phenoxy) is 2. The van der Waals surface area contributed by atoms with Gasteiger partial charge in [0, 0.05) is 11.1 Å².